The summed E-state index contributed by atoms with van der Waals surface area (Å²) in [5.74, 6) is 0. The molecule has 17 heavy (non-hydrogen) atoms. The van der Waals surface area contributed by atoms with Crippen LogP contribution in [-0.4, -0.2) is 26.4 Å². The monoisotopic (exact) mass is 306 g/mol. The highest BCUT2D eigenvalue weighted by Gasteiger charge is 2.36. The van der Waals surface area contributed by atoms with E-state index >= 15 is 0 Å². The maximum absolute atomic E-state index is 12.1. The third-order valence-corrected chi connectivity index (χ3v) is 6.48. The first kappa shape index (κ1) is 17.7. The van der Waals surface area contributed by atoms with Crippen LogP contribution < -0.4 is 0 Å². The van der Waals surface area contributed by atoms with Gasteiger partial charge in [-0.3, -0.25) is 9.05 Å². The van der Waals surface area contributed by atoms with Crippen LogP contribution in [-0.2, 0) is 38.8 Å². The molecule has 0 rings (SSSR count). The highest BCUT2D eigenvalue weighted by molar-refractivity contribution is 8.08. The van der Waals surface area contributed by atoms with Crippen molar-refractivity contribution in [3.63, 3.8) is 0 Å². The van der Waals surface area contributed by atoms with E-state index in [2.05, 4.69) is 0 Å². The van der Waals surface area contributed by atoms with Gasteiger partial charge in [0, 0.05) is 0 Å². The van der Waals surface area contributed by atoms with Crippen molar-refractivity contribution in [3.05, 3.63) is 0 Å². The molecule has 9 heteroatoms. The Morgan fingerprint density at radius 1 is 0.824 bits per heavy atom. The van der Waals surface area contributed by atoms with Gasteiger partial charge in [0.25, 0.3) is 0 Å². The van der Waals surface area contributed by atoms with Gasteiger partial charge in [-0.2, -0.15) is 0 Å². The largest absolute Gasteiger partial charge is 0.482 e. The van der Waals surface area contributed by atoms with Crippen molar-refractivity contribution in [1.82, 2.24) is 0 Å². The SMILES string of the molecule is CCOP(=O)(OCC)OP(=S)(OCC)OCC. The maximum atomic E-state index is 12.1. The molecule has 0 saturated carbocycles. The van der Waals surface area contributed by atoms with Gasteiger partial charge < -0.3 is 9.05 Å². The summed E-state index contributed by atoms with van der Waals surface area (Å²) in [7, 11) is -3.71. The van der Waals surface area contributed by atoms with Gasteiger partial charge in [-0.25, -0.2) is 8.88 Å². The van der Waals surface area contributed by atoms with Gasteiger partial charge in [0.15, 0.2) is 0 Å². The van der Waals surface area contributed by atoms with Crippen molar-refractivity contribution < 1.29 is 27.0 Å². The first-order chi connectivity index (χ1) is 7.95. The molecule has 0 aliphatic rings. The molecule has 0 fully saturated rings. The summed E-state index contributed by atoms with van der Waals surface area (Å²) >= 11 is 5.09. The summed E-state index contributed by atoms with van der Waals surface area (Å²) in [6.07, 6.45) is 0. The molecule has 104 valence electrons. The molecular weight excluding hydrogens is 286 g/mol. The molecule has 0 radical (unpaired) electrons. The molecule has 0 aromatic rings. The molecule has 0 atom stereocenters. The van der Waals surface area contributed by atoms with E-state index in [1.165, 1.54) is 0 Å². The number of hydrogen-bond acceptors (Lipinski definition) is 7. The second-order valence-electron chi connectivity index (χ2n) is 2.65. The molecule has 0 aromatic carbocycles. The average molecular weight is 306 g/mol. The fourth-order valence-corrected chi connectivity index (χ4v) is 5.44. The third-order valence-electron chi connectivity index (χ3n) is 1.35. The van der Waals surface area contributed by atoms with Gasteiger partial charge in [0.05, 0.1) is 26.4 Å². The van der Waals surface area contributed by atoms with Gasteiger partial charge in [-0.15, -0.1) is 0 Å². The van der Waals surface area contributed by atoms with Gasteiger partial charge >= 0.3 is 14.5 Å². The van der Waals surface area contributed by atoms with Crippen LogP contribution in [0.4, 0.5) is 0 Å². The van der Waals surface area contributed by atoms with Crippen LogP contribution in [0.3, 0.4) is 0 Å². The van der Waals surface area contributed by atoms with E-state index in [-0.39, 0.29) is 13.2 Å². The Labute approximate surface area is 108 Å². The summed E-state index contributed by atoms with van der Waals surface area (Å²) in [4.78, 5) is 0. The highest BCUT2D eigenvalue weighted by Crippen LogP contribution is 2.66. The summed E-state index contributed by atoms with van der Waals surface area (Å²) in [6, 6.07) is 0. The molecule has 0 unspecified atom stereocenters. The third kappa shape index (κ3) is 6.99. The average Bonchev–Trinajstić information content (AvgIpc) is 2.17. The lowest BCUT2D eigenvalue weighted by atomic mass is 10.9. The molecule has 0 saturated heterocycles. The molecule has 0 amide bonds. The Morgan fingerprint density at radius 3 is 1.47 bits per heavy atom. The van der Waals surface area contributed by atoms with Crippen LogP contribution in [0.15, 0.2) is 0 Å². The van der Waals surface area contributed by atoms with Crippen molar-refractivity contribution in [2.24, 2.45) is 0 Å². The lowest BCUT2D eigenvalue weighted by Gasteiger charge is -2.24. The molecule has 0 heterocycles. The van der Waals surface area contributed by atoms with E-state index in [0.29, 0.717) is 13.2 Å². The standard InChI is InChI=1S/C8H20O6P2S/c1-5-10-15(9,11-6-2)14-16(17,12-7-3)13-8-4/h5-8H2,1-4H3. The molecule has 0 N–H and O–H groups in total. The Hall–Kier alpha value is 0.680. The molecule has 0 bridgehead atoms. The van der Waals surface area contributed by atoms with E-state index in [1.807, 2.05) is 0 Å². The Kier molecular flexibility index (Phi) is 9.07. The van der Waals surface area contributed by atoms with Crippen LogP contribution in [0, 0.1) is 0 Å². The van der Waals surface area contributed by atoms with Crippen molar-refractivity contribution >= 4 is 26.3 Å². The summed E-state index contributed by atoms with van der Waals surface area (Å²) in [5, 5.41) is 0. The Morgan fingerprint density at radius 2 is 1.18 bits per heavy atom. The first-order valence-electron chi connectivity index (χ1n) is 5.44. The lowest BCUT2D eigenvalue weighted by molar-refractivity contribution is 0.142. The molecular formula is C8H20O6P2S. The van der Waals surface area contributed by atoms with Crippen molar-refractivity contribution in [2.75, 3.05) is 26.4 Å². The second kappa shape index (κ2) is 8.73. The number of rotatable bonds is 10. The van der Waals surface area contributed by atoms with E-state index in [0.717, 1.165) is 0 Å². The fourth-order valence-electron chi connectivity index (χ4n) is 0.924. The molecule has 6 nitrogen and oxygen atoms in total. The normalized spacial score (nSPS) is 12.9. The predicted molar refractivity (Wildman–Crippen MR) is 69.5 cm³/mol. The molecule has 0 aliphatic carbocycles. The minimum atomic E-state index is -3.71. The van der Waals surface area contributed by atoms with Crippen LogP contribution in [0.2, 0.25) is 0 Å². The molecule has 0 aromatic heterocycles. The number of phosphoric ester groups is 1. The number of phosphoric acid groups is 1. The maximum Gasteiger partial charge on any atom is 0.482 e. The zero-order chi connectivity index (χ0) is 13.4. The van der Waals surface area contributed by atoms with Gasteiger partial charge in [-0.1, -0.05) is 0 Å². The topological polar surface area (TPSA) is 63.2 Å². The van der Waals surface area contributed by atoms with Crippen LogP contribution in [0.5, 0.6) is 0 Å². The zero-order valence-electron chi connectivity index (χ0n) is 10.6. The summed E-state index contributed by atoms with van der Waals surface area (Å²) in [5.41, 5.74) is 0. The van der Waals surface area contributed by atoms with Crippen LogP contribution in [0.1, 0.15) is 27.7 Å². The quantitative estimate of drug-likeness (QED) is 0.572. The van der Waals surface area contributed by atoms with Crippen LogP contribution >= 0.6 is 14.5 Å². The molecule has 0 spiro atoms. The fraction of sp³-hybridized carbons (Fsp3) is 1.00. The summed E-state index contributed by atoms with van der Waals surface area (Å²) < 4.78 is 37.6. The van der Waals surface area contributed by atoms with Gasteiger partial charge in [-0.05, 0) is 39.5 Å². The number of hydrogen-bond donors (Lipinski definition) is 0. The Balaban J connectivity index is 4.79. The van der Waals surface area contributed by atoms with E-state index in [1.54, 1.807) is 27.7 Å². The van der Waals surface area contributed by atoms with Gasteiger partial charge in [0.1, 0.15) is 0 Å². The molecule has 0 aliphatic heterocycles. The van der Waals surface area contributed by atoms with Crippen molar-refractivity contribution in [2.45, 2.75) is 27.7 Å². The van der Waals surface area contributed by atoms with E-state index < -0.39 is 14.5 Å². The smallest absolute Gasteiger partial charge is 0.309 e. The predicted octanol–water partition coefficient (Wildman–Crippen LogP) is 3.48. The Bertz CT molecular complexity index is 250. The zero-order valence-corrected chi connectivity index (χ0v) is 13.2. The highest BCUT2D eigenvalue weighted by atomic mass is 32.5. The van der Waals surface area contributed by atoms with Crippen molar-refractivity contribution in [3.8, 4) is 0 Å². The van der Waals surface area contributed by atoms with Gasteiger partial charge in [0.2, 0.25) is 0 Å². The minimum absolute atomic E-state index is 0.185. The van der Waals surface area contributed by atoms with E-state index in [4.69, 9.17) is 34.2 Å². The van der Waals surface area contributed by atoms with Crippen LogP contribution in [0.25, 0.3) is 0 Å². The minimum Gasteiger partial charge on any atom is -0.309 e. The summed E-state index contributed by atoms with van der Waals surface area (Å²) in [6.45, 7) is 4.75. The first-order valence-corrected chi connectivity index (χ1v) is 9.46. The van der Waals surface area contributed by atoms with Crippen molar-refractivity contribution in [1.29, 1.82) is 0 Å². The second-order valence-corrected chi connectivity index (χ2v) is 7.46. The van der Waals surface area contributed by atoms with E-state index in [9.17, 15) is 4.57 Å². The lowest BCUT2D eigenvalue weighted by Crippen LogP contribution is -2.03.